The lowest BCUT2D eigenvalue weighted by Gasteiger charge is -2.38. The lowest BCUT2D eigenvalue weighted by Crippen LogP contribution is -2.45. The lowest BCUT2D eigenvalue weighted by atomic mass is 9.90. The zero-order valence-electron chi connectivity index (χ0n) is 17.9. The maximum absolute atomic E-state index is 6.16. The molecule has 0 aliphatic carbocycles. The van der Waals surface area contributed by atoms with Crippen molar-refractivity contribution in [2.75, 3.05) is 13.1 Å². The molecule has 0 radical (unpaired) electrons. The molecule has 2 aliphatic rings. The second kappa shape index (κ2) is 8.47. The molecule has 0 spiro atoms. The Labute approximate surface area is 173 Å². The van der Waals surface area contributed by atoms with Crippen LogP contribution in [0, 0.1) is 0 Å². The molecule has 2 aliphatic heterocycles. The Hall–Kier alpha value is -2.50. The molecule has 0 saturated heterocycles. The highest BCUT2D eigenvalue weighted by atomic mass is 16.5. The molecular formula is C23H33N5O. The van der Waals surface area contributed by atoms with E-state index < -0.39 is 0 Å². The quantitative estimate of drug-likeness (QED) is 0.600. The van der Waals surface area contributed by atoms with E-state index in [9.17, 15) is 0 Å². The van der Waals surface area contributed by atoms with Crippen LogP contribution in [0.4, 0.5) is 0 Å². The van der Waals surface area contributed by atoms with Crippen molar-refractivity contribution in [3.05, 3.63) is 47.5 Å². The molecule has 6 heteroatoms. The molecular weight excluding hydrogens is 362 g/mol. The Kier molecular flexibility index (Phi) is 5.79. The minimum absolute atomic E-state index is 0.174. The number of ether oxygens (including phenoxy) is 1. The molecule has 6 nitrogen and oxygen atoms in total. The van der Waals surface area contributed by atoms with Crippen LogP contribution in [-0.2, 0) is 19.4 Å². The van der Waals surface area contributed by atoms with Crippen LogP contribution in [0.3, 0.4) is 0 Å². The van der Waals surface area contributed by atoms with Crippen molar-refractivity contribution in [1.82, 2.24) is 20.2 Å². The van der Waals surface area contributed by atoms with Crippen molar-refractivity contribution in [1.29, 1.82) is 0 Å². The second-order valence-electron chi connectivity index (χ2n) is 8.61. The third-order valence-corrected chi connectivity index (χ3v) is 5.63. The van der Waals surface area contributed by atoms with Crippen LogP contribution >= 0.6 is 0 Å². The van der Waals surface area contributed by atoms with Crippen molar-refractivity contribution < 1.29 is 4.74 Å². The smallest absolute Gasteiger partial charge is 0.191 e. The molecule has 0 bridgehead atoms. The van der Waals surface area contributed by atoms with E-state index >= 15 is 0 Å². The highest BCUT2D eigenvalue weighted by molar-refractivity contribution is 5.80. The number of imidazole rings is 1. The fourth-order valence-electron chi connectivity index (χ4n) is 4.29. The van der Waals surface area contributed by atoms with Gasteiger partial charge in [0.2, 0.25) is 0 Å². The summed E-state index contributed by atoms with van der Waals surface area (Å²) in [5.41, 5.74) is 2.14. The molecule has 29 heavy (non-hydrogen) atoms. The van der Waals surface area contributed by atoms with Crippen LogP contribution < -0.4 is 15.4 Å². The SMILES string of the molecule is CCNC(=NCCc1cn2c(n1)CCCC2)NC1CC(C)(C)Oc2ccccc21. The number of hydrogen-bond acceptors (Lipinski definition) is 3. The molecule has 4 rings (SSSR count). The minimum Gasteiger partial charge on any atom is -0.487 e. The van der Waals surface area contributed by atoms with Gasteiger partial charge >= 0.3 is 0 Å². The van der Waals surface area contributed by atoms with Gasteiger partial charge in [-0.1, -0.05) is 18.2 Å². The van der Waals surface area contributed by atoms with E-state index in [1.807, 2.05) is 6.07 Å². The number of rotatable bonds is 5. The van der Waals surface area contributed by atoms with Crippen molar-refractivity contribution in [3.8, 4) is 5.75 Å². The molecule has 2 aromatic rings. The fourth-order valence-corrected chi connectivity index (χ4v) is 4.29. The van der Waals surface area contributed by atoms with Crippen molar-refractivity contribution in [3.63, 3.8) is 0 Å². The zero-order chi connectivity index (χ0) is 20.3. The number of guanidine groups is 1. The van der Waals surface area contributed by atoms with Gasteiger partial charge in [-0.05, 0) is 39.7 Å². The molecule has 1 aromatic carbocycles. The van der Waals surface area contributed by atoms with Gasteiger partial charge in [-0.3, -0.25) is 4.99 Å². The molecule has 2 N–H and O–H groups in total. The summed E-state index contributed by atoms with van der Waals surface area (Å²) in [7, 11) is 0. The predicted octanol–water partition coefficient (Wildman–Crippen LogP) is 3.62. The maximum Gasteiger partial charge on any atom is 0.191 e. The molecule has 1 atom stereocenters. The van der Waals surface area contributed by atoms with E-state index in [4.69, 9.17) is 14.7 Å². The van der Waals surface area contributed by atoms with E-state index in [1.54, 1.807) is 0 Å². The van der Waals surface area contributed by atoms with Gasteiger partial charge in [0.25, 0.3) is 0 Å². The van der Waals surface area contributed by atoms with Gasteiger partial charge in [0.1, 0.15) is 17.2 Å². The number of aliphatic imine (C=N–C) groups is 1. The molecule has 0 saturated carbocycles. The molecule has 0 fully saturated rings. The van der Waals surface area contributed by atoms with E-state index in [-0.39, 0.29) is 11.6 Å². The topological polar surface area (TPSA) is 63.5 Å². The number of benzene rings is 1. The predicted molar refractivity (Wildman–Crippen MR) is 116 cm³/mol. The molecule has 156 valence electrons. The summed E-state index contributed by atoms with van der Waals surface area (Å²) in [6.45, 7) is 9.04. The van der Waals surface area contributed by atoms with E-state index in [0.29, 0.717) is 0 Å². The van der Waals surface area contributed by atoms with Crippen LogP contribution in [0.15, 0.2) is 35.5 Å². The van der Waals surface area contributed by atoms with Crippen LogP contribution in [0.5, 0.6) is 5.75 Å². The first-order valence-electron chi connectivity index (χ1n) is 10.9. The highest BCUT2D eigenvalue weighted by Crippen LogP contribution is 2.39. The first kappa shape index (κ1) is 19.8. The van der Waals surface area contributed by atoms with Crippen LogP contribution in [0.2, 0.25) is 0 Å². The first-order valence-corrected chi connectivity index (χ1v) is 10.9. The summed E-state index contributed by atoms with van der Waals surface area (Å²) in [6, 6.07) is 8.46. The third-order valence-electron chi connectivity index (χ3n) is 5.63. The zero-order valence-corrected chi connectivity index (χ0v) is 17.9. The summed E-state index contributed by atoms with van der Waals surface area (Å²) in [4.78, 5) is 9.63. The number of para-hydroxylation sites is 1. The maximum atomic E-state index is 6.16. The van der Waals surface area contributed by atoms with Crippen molar-refractivity contribution in [2.24, 2.45) is 4.99 Å². The van der Waals surface area contributed by atoms with E-state index in [0.717, 1.165) is 56.3 Å². The number of nitrogens with zero attached hydrogens (tertiary/aromatic N) is 3. The molecule has 0 amide bonds. The Morgan fingerprint density at radius 3 is 3.00 bits per heavy atom. The van der Waals surface area contributed by atoms with Gasteiger partial charge in [-0.25, -0.2) is 4.98 Å². The molecule has 1 unspecified atom stereocenters. The normalized spacial score (nSPS) is 20.4. The summed E-state index contributed by atoms with van der Waals surface area (Å²) < 4.78 is 8.47. The van der Waals surface area contributed by atoms with Crippen LogP contribution in [0.1, 0.15) is 63.2 Å². The van der Waals surface area contributed by atoms with Gasteiger partial charge < -0.3 is 19.9 Å². The Bertz CT molecular complexity index is 846. The van der Waals surface area contributed by atoms with Crippen LogP contribution in [-0.4, -0.2) is 34.2 Å². The minimum atomic E-state index is -0.209. The third kappa shape index (κ3) is 4.74. The van der Waals surface area contributed by atoms with E-state index in [1.165, 1.54) is 24.2 Å². The summed E-state index contributed by atoms with van der Waals surface area (Å²) >= 11 is 0. The summed E-state index contributed by atoms with van der Waals surface area (Å²) in [5.74, 6) is 3.05. The Balaban J connectivity index is 1.44. The van der Waals surface area contributed by atoms with E-state index in [2.05, 4.69) is 60.4 Å². The number of aryl methyl sites for hydroxylation is 2. The monoisotopic (exact) mass is 395 g/mol. The van der Waals surface area contributed by atoms with Gasteiger partial charge in [0, 0.05) is 50.7 Å². The van der Waals surface area contributed by atoms with Gasteiger partial charge in [0.15, 0.2) is 5.96 Å². The Morgan fingerprint density at radius 2 is 2.17 bits per heavy atom. The van der Waals surface area contributed by atoms with Gasteiger partial charge in [0.05, 0.1) is 11.7 Å². The summed E-state index contributed by atoms with van der Waals surface area (Å²) in [5, 5.41) is 7.03. The molecule has 3 heterocycles. The number of hydrogen-bond donors (Lipinski definition) is 2. The number of aromatic nitrogens is 2. The average molecular weight is 396 g/mol. The summed E-state index contributed by atoms with van der Waals surface area (Å²) in [6.07, 6.45) is 7.59. The molecule has 1 aromatic heterocycles. The Morgan fingerprint density at radius 1 is 1.31 bits per heavy atom. The lowest BCUT2D eigenvalue weighted by molar-refractivity contribution is 0.0694. The largest absolute Gasteiger partial charge is 0.487 e. The van der Waals surface area contributed by atoms with Gasteiger partial charge in [-0.15, -0.1) is 0 Å². The fraction of sp³-hybridized carbons (Fsp3) is 0.565. The standard InChI is InChI=1S/C23H33N5O/c1-4-24-22(25-13-12-17-16-28-14-8-7-11-21(28)26-17)27-19-15-23(2,3)29-20-10-6-5-9-18(19)20/h5-6,9-10,16,19H,4,7-8,11-15H2,1-3H3,(H2,24,25,27). The second-order valence-corrected chi connectivity index (χ2v) is 8.61. The average Bonchev–Trinajstić information content (AvgIpc) is 3.10. The highest BCUT2D eigenvalue weighted by Gasteiger charge is 2.33. The van der Waals surface area contributed by atoms with Crippen molar-refractivity contribution >= 4 is 5.96 Å². The van der Waals surface area contributed by atoms with Crippen molar-refractivity contribution in [2.45, 2.75) is 71.1 Å². The number of nitrogens with one attached hydrogen (secondary N) is 2. The first-order chi connectivity index (χ1) is 14.0. The van der Waals surface area contributed by atoms with Crippen LogP contribution in [0.25, 0.3) is 0 Å². The number of fused-ring (bicyclic) bond motifs is 2. The van der Waals surface area contributed by atoms with Gasteiger partial charge in [-0.2, -0.15) is 0 Å².